The maximum atomic E-state index is 11.4. The van der Waals surface area contributed by atoms with Gasteiger partial charge in [-0.1, -0.05) is 0 Å². The summed E-state index contributed by atoms with van der Waals surface area (Å²) in [4.78, 5) is 22.3. The average molecular weight is 1660 g/mol. The topological polar surface area (TPSA) is 363 Å². The molecule has 0 aliphatic heterocycles. The van der Waals surface area contributed by atoms with Gasteiger partial charge in [0.25, 0.3) is 0 Å². The molecule has 0 amide bonds. The molecule has 43 heteroatoms. The van der Waals surface area contributed by atoms with Crippen LogP contribution in [0, 0.1) is 23.2 Å². The van der Waals surface area contributed by atoms with Crippen molar-refractivity contribution in [2.24, 2.45) is 5.73 Å². The van der Waals surface area contributed by atoms with E-state index in [4.69, 9.17) is 130 Å². The number of aromatic hydroxyl groups is 3. The number of esters is 2. The molecule has 0 aromatic heterocycles. The Kier molecular flexibility index (Phi) is 90.0. The van der Waals surface area contributed by atoms with Gasteiger partial charge >= 0.3 is 138 Å². The van der Waals surface area contributed by atoms with E-state index in [-0.39, 0.29) is 178 Å². The molecule has 0 saturated heterocycles. The van der Waals surface area contributed by atoms with Crippen LogP contribution in [0.2, 0.25) is 0 Å². The number of halogens is 7. The van der Waals surface area contributed by atoms with E-state index in [1.165, 1.54) is 54.1 Å². The van der Waals surface area contributed by atoms with Gasteiger partial charge in [-0.3, -0.25) is 12.9 Å². The molecule has 0 spiro atoms. The SMILES string of the molecule is CCl.COC(=O)c1cc(O)c(O)c(O)c1.COC(=O)c1cc(OC)c(OC)c(OC)c1.COc1cc(CC#N)cc(OC)c1OC.COc1cc(CCN)cc(OC)c1OC.COc1cc(CCl)cc(OC)c1OC.COc1cc(CO)cc(OC)c1OC.FB(F)F.O=S(Cl)Cl.[AlH3].[AlH3].[B].[C-]#N.[H-].[H-].[H-].[K+].[Li+].[Li+].[Na+]. The van der Waals surface area contributed by atoms with E-state index in [0.29, 0.717) is 111 Å². The van der Waals surface area contributed by atoms with Crippen molar-refractivity contribution in [1.82, 2.24) is 0 Å². The number of alkyl halides is 2. The minimum Gasteiger partial charge on any atom is -1.00 e. The number of phenolic OH excluding ortho intramolecular Hbond substituents is 3. The fourth-order valence-corrected chi connectivity index (χ4v) is 7.53. The maximum absolute atomic E-state index is 11.4. The maximum Gasteiger partial charge on any atom is 1.00 e. The molecule has 106 heavy (non-hydrogen) atoms. The summed E-state index contributed by atoms with van der Waals surface area (Å²) in [7, 11) is 29.4. The standard InChI is InChI=1S/C11H17NO3.C11H13NO3.C11H14O5.C10H13ClO3.C10H14O4.C8H8O5.CH3Cl.CN.2Al.BF3.B.Cl2OS.K.2Li.Na.9H/c2*1-13-9-6-8(4-5-12)7-10(14-2)11(9)15-3;1-13-8-5-7(11(12)16-4)6-9(14-2)10(8)15-3;2*1-12-8-4-7(6-11)5-9(13-2)10(8)14-3;1-13-8(12)4-2-5(9)7(11)6(10)3-4;2*1-2;;;2-1(3)4;;1-4(2)3;;;;;;;;;;;;;/h6-7H,4-5,12H2,1-3H3;6-7H,4H2,1-3H3;5-6H,1-4H3;4-5H,6H2,1-3H3;4-5,11H,6H2,1-3H3;2-3,9-11H,1H3;1H3;;;;;;;;;;;;;;;;;;;/q;;;;;;;-1;;;;;;4*+1;;;;;;;3*-1. The summed E-state index contributed by atoms with van der Waals surface area (Å²) < 4.78 is 124. The summed E-state index contributed by atoms with van der Waals surface area (Å²) in [5.74, 6) is 5.84. The van der Waals surface area contributed by atoms with Crippen LogP contribution >= 0.6 is 44.6 Å². The number of carbonyl (C=O) groups excluding carboxylic acids is 2. The first kappa shape index (κ1) is 125. The molecule has 0 bridgehead atoms. The van der Waals surface area contributed by atoms with Crippen molar-refractivity contribution in [2.45, 2.75) is 25.3 Å². The Bertz CT molecular complexity index is 3250. The summed E-state index contributed by atoms with van der Waals surface area (Å²) in [6, 6.07) is 21.6. The number of methoxy groups -OCH3 is 17. The van der Waals surface area contributed by atoms with Crippen molar-refractivity contribution in [2.75, 3.05) is 134 Å². The molecule has 0 fully saturated rings. The quantitative estimate of drug-likeness (QED) is 0.0115. The minimum atomic E-state index is -3.67. The number of aliphatic hydroxyl groups is 1. The predicted octanol–water partition coefficient (Wildman–Crippen LogP) is -2.78. The Morgan fingerprint density at radius 3 is 0.887 bits per heavy atom. The van der Waals surface area contributed by atoms with Gasteiger partial charge < -0.3 is 123 Å². The molecule has 6 N–H and O–H groups in total. The van der Waals surface area contributed by atoms with Crippen molar-refractivity contribution >= 4 is 116 Å². The second-order valence-corrected chi connectivity index (χ2v) is 19.8. The molecule has 0 aliphatic carbocycles. The van der Waals surface area contributed by atoms with Gasteiger partial charge in [0.05, 0.1) is 151 Å². The largest absolute Gasteiger partial charge is 1.00 e. The molecule has 6 aromatic rings. The van der Waals surface area contributed by atoms with E-state index in [1.54, 1.807) is 110 Å². The molecule has 6 rings (SSSR count). The molecule has 0 atom stereocenters. The van der Waals surface area contributed by atoms with Crippen LogP contribution < -0.4 is 195 Å². The van der Waals surface area contributed by atoms with Crippen molar-refractivity contribution < 1.29 is 251 Å². The van der Waals surface area contributed by atoms with Crippen molar-refractivity contribution in [3.05, 3.63) is 113 Å². The Labute approximate surface area is 756 Å². The number of hydrogen-bond acceptors (Lipinski definition) is 27. The predicted molar refractivity (Wildman–Crippen MR) is 397 cm³/mol. The number of hydrogen-bond donors (Lipinski definition) is 5. The van der Waals surface area contributed by atoms with E-state index < -0.39 is 46.0 Å². The van der Waals surface area contributed by atoms with Crippen LogP contribution in [0.25, 0.3) is 0 Å². The van der Waals surface area contributed by atoms with E-state index in [9.17, 15) is 22.5 Å². The minimum absolute atomic E-state index is 0. The fourth-order valence-electron chi connectivity index (χ4n) is 7.37. The van der Waals surface area contributed by atoms with Gasteiger partial charge in [0.1, 0.15) is 0 Å². The average Bonchev–Trinajstić information content (AvgIpc) is 0.820. The Balaban J connectivity index is -0.0000000789. The molecule has 3 radical (unpaired) electrons. The zero-order valence-corrected chi connectivity index (χ0v) is 71.1. The number of aliphatic hydroxyl groups excluding tert-OH is 1. The first-order chi connectivity index (χ1) is 47.2. The van der Waals surface area contributed by atoms with Crippen LogP contribution in [0.5, 0.6) is 103 Å². The van der Waals surface area contributed by atoms with Gasteiger partial charge in [0.15, 0.2) is 109 Å². The zero-order chi connectivity index (χ0) is 76.9. The Morgan fingerprint density at radius 2 is 0.698 bits per heavy atom. The first-order valence-corrected chi connectivity index (χ1v) is 31.2. The van der Waals surface area contributed by atoms with Crippen LogP contribution in [0.3, 0.4) is 0 Å². The van der Waals surface area contributed by atoms with Crippen molar-refractivity contribution in [1.29, 1.82) is 10.5 Å². The number of nitriles is 1. The summed E-state index contributed by atoms with van der Waals surface area (Å²) >= 11 is 10.4. The normalized spacial score (nSPS) is 8.54. The summed E-state index contributed by atoms with van der Waals surface area (Å²) in [5.41, 5.74) is 9.38. The van der Waals surface area contributed by atoms with E-state index in [1.807, 2.05) is 24.3 Å². The van der Waals surface area contributed by atoms with Crippen LogP contribution in [0.1, 0.15) is 47.2 Å². The van der Waals surface area contributed by atoms with Gasteiger partial charge in [-0.25, -0.2) is 13.8 Å². The number of carbonyl (C=O) groups is 2. The van der Waals surface area contributed by atoms with Gasteiger partial charge in [-0.05, 0) is 108 Å². The molecule has 0 aliphatic rings. The van der Waals surface area contributed by atoms with Crippen LogP contribution in [0.4, 0.5) is 12.9 Å². The van der Waals surface area contributed by atoms with E-state index >= 15 is 0 Å². The summed E-state index contributed by atoms with van der Waals surface area (Å²) in [5, 5.41) is 50.8. The second kappa shape index (κ2) is 76.1. The number of benzene rings is 6. The van der Waals surface area contributed by atoms with Gasteiger partial charge in [0, 0.05) is 42.0 Å². The van der Waals surface area contributed by atoms with Crippen molar-refractivity contribution in [3.8, 4) is 110 Å². The Hall–Kier alpha value is -4.31. The molecule has 573 valence electrons. The third-order valence-electron chi connectivity index (χ3n) is 11.5. The Morgan fingerprint density at radius 1 is 0.491 bits per heavy atom. The molecule has 0 saturated carbocycles. The third-order valence-corrected chi connectivity index (χ3v) is 11.8. The van der Waals surface area contributed by atoms with Crippen LogP contribution in [-0.2, 0) is 44.0 Å². The van der Waals surface area contributed by atoms with Gasteiger partial charge in [0.2, 0.25) is 38.0 Å². The summed E-state index contributed by atoms with van der Waals surface area (Å²) in [6.45, 7) is 5.29. The molecule has 0 heterocycles. The molecule has 0 unspecified atom stereocenters. The van der Waals surface area contributed by atoms with E-state index in [2.05, 4.69) is 48.5 Å². The zero-order valence-electron chi connectivity index (χ0n) is 65.1. The smallest absolute Gasteiger partial charge is 1.00 e. The molecule has 27 nitrogen and oxygen atoms in total. The third kappa shape index (κ3) is 47.0. The number of rotatable bonds is 22. The fraction of sp³-hybridized carbons (Fsp3) is 0.365. The summed E-state index contributed by atoms with van der Waals surface area (Å²) in [6.07, 6.45) is 2.58. The second-order valence-electron chi connectivity index (χ2n) is 17.0. The monoisotopic (exact) mass is 1650 g/mol. The van der Waals surface area contributed by atoms with Crippen LogP contribution in [-0.4, -0.2) is 221 Å². The van der Waals surface area contributed by atoms with Crippen LogP contribution in [0.15, 0.2) is 72.8 Å². The molecule has 6 aromatic carbocycles. The van der Waals surface area contributed by atoms with Crippen molar-refractivity contribution in [3.63, 3.8) is 0 Å². The van der Waals surface area contributed by atoms with Gasteiger partial charge in [-0.2, -0.15) is 5.26 Å². The first-order valence-electron chi connectivity index (χ1n) is 27.1. The number of ether oxygens (including phenoxy) is 17. The van der Waals surface area contributed by atoms with Gasteiger partial charge in [-0.15, -0.1) is 23.2 Å². The number of phenols is 3. The molecular formula is C63H91Al2B2Cl4F3KLi2N3NaO24S. The number of nitrogens with two attached hydrogens (primary N) is 1. The van der Waals surface area contributed by atoms with E-state index in [0.717, 1.165) is 40.8 Å². The number of nitrogens with zero attached hydrogens (tertiary/aromatic N) is 2. The molecular weight excluding hydrogens is 1570 g/mol.